The summed E-state index contributed by atoms with van der Waals surface area (Å²) in [6, 6.07) is 9.27. The number of aliphatic carboxylic acids is 2. The van der Waals surface area contributed by atoms with E-state index in [1.807, 2.05) is 30.3 Å². The summed E-state index contributed by atoms with van der Waals surface area (Å²) < 4.78 is 0. The molecule has 0 spiro atoms. The van der Waals surface area contributed by atoms with Crippen molar-refractivity contribution in [2.45, 2.75) is 12.8 Å². The summed E-state index contributed by atoms with van der Waals surface area (Å²) in [6.45, 7) is 6.94. The maximum absolute atomic E-state index is 10.8. The Bertz CT molecular complexity index is 537. The van der Waals surface area contributed by atoms with Gasteiger partial charge in [-0.25, -0.2) is 9.59 Å². The van der Waals surface area contributed by atoms with E-state index in [2.05, 4.69) is 13.2 Å². The first-order valence-electron chi connectivity index (χ1n) is 5.96. The largest absolute Gasteiger partial charge is 0.478 e. The maximum atomic E-state index is 10.8. The van der Waals surface area contributed by atoms with Gasteiger partial charge < -0.3 is 10.2 Å². The van der Waals surface area contributed by atoms with Gasteiger partial charge in [0.15, 0.2) is 0 Å². The molecule has 0 aliphatic heterocycles. The number of allylic oxidation sites excluding steroid dienone is 1. The van der Waals surface area contributed by atoms with Crippen molar-refractivity contribution in [2.24, 2.45) is 0 Å². The first-order valence-corrected chi connectivity index (χ1v) is 5.96. The highest BCUT2D eigenvalue weighted by Gasteiger charge is 2.12. The zero-order valence-corrected chi connectivity index (χ0v) is 11.0. The Morgan fingerprint density at radius 2 is 1.40 bits per heavy atom. The van der Waals surface area contributed by atoms with Crippen LogP contribution in [0.25, 0.3) is 6.08 Å². The average molecular weight is 272 g/mol. The summed E-state index contributed by atoms with van der Waals surface area (Å²) in [7, 11) is 0. The van der Waals surface area contributed by atoms with E-state index in [0.29, 0.717) is 5.57 Å². The molecule has 0 amide bonds. The highest BCUT2D eigenvalue weighted by molar-refractivity contribution is 5.88. The van der Waals surface area contributed by atoms with Crippen molar-refractivity contribution in [1.82, 2.24) is 0 Å². The van der Waals surface area contributed by atoms with Crippen molar-refractivity contribution in [1.29, 1.82) is 0 Å². The minimum Gasteiger partial charge on any atom is -0.478 e. The minimum atomic E-state index is -1.09. The van der Waals surface area contributed by atoms with Crippen LogP contribution in [0.15, 0.2) is 60.2 Å². The number of carboxylic acid groups (broad SMARTS) is 2. The van der Waals surface area contributed by atoms with E-state index in [4.69, 9.17) is 10.2 Å². The number of carbonyl (C=O) groups is 2. The quantitative estimate of drug-likeness (QED) is 0.748. The third-order valence-electron chi connectivity index (χ3n) is 2.66. The molecule has 0 fully saturated rings. The van der Waals surface area contributed by atoms with E-state index >= 15 is 0 Å². The van der Waals surface area contributed by atoms with Crippen LogP contribution in [-0.2, 0) is 9.59 Å². The lowest BCUT2D eigenvalue weighted by atomic mass is 9.97. The summed E-state index contributed by atoms with van der Waals surface area (Å²) >= 11 is 0. The SMILES string of the molecule is C=C(CC(=Cc1ccccc1)CC(=C)C(=O)O)C(=O)O. The average Bonchev–Trinajstić information content (AvgIpc) is 2.39. The first-order chi connectivity index (χ1) is 9.40. The zero-order chi connectivity index (χ0) is 15.1. The van der Waals surface area contributed by atoms with Crippen molar-refractivity contribution in [2.75, 3.05) is 0 Å². The molecule has 1 aromatic carbocycles. The maximum Gasteiger partial charge on any atom is 0.331 e. The van der Waals surface area contributed by atoms with Gasteiger partial charge in [0.05, 0.1) is 0 Å². The molecular weight excluding hydrogens is 256 g/mol. The van der Waals surface area contributed by atoms with Crippen molar-refractivity contribution in [3.63, 3.8) is 0 Å². The first kappa shape index (κ1) is 15.4. The van der Waals surface area contributed by atoms with Crippen LogP contribution in [0.4, 0.5) is 0 Å². The summed E-state index contributed by atoms with van der Waals surface area (Å²) in [5.41, 5.74) is 1.56. The Hall–Kier alpha value is -2.62. The Kier molecular flexibility index (Phi) is 5.47. The fraction of sp³-hybridized carbons (Fsp3) is 0.125. The molecule has 2 N–H and O–H groups in total. The molecule has 0 saturated carbocycles. The molecule has 0 radical (unpaired) electrons. The Morgan fingerprint density at radius 1 is 0.950 bits per heavy atom. The predicted molar refractivity (Wildman–Crippen MR) is 77.2 cm³/mol. The number of hydrogen-bond donors (Lipinski definition) is 2. The van der Waals surface area contributed by atoms with Gasteiger partial charge in [0.25, 0.3) is 0 Å². The lowest BCUT2D eigenvalue weighted by molar-refractivity contribution is -0.133. The molecule has 0 aliphatic rings. The summed E-state index contributed by atoms with van der Waals surface area (Å²) in [5, 5.41) is 17.7. The van der Waals surface area contributed by atoms with Crippen molar-refractivity contribution < 1.29 is 19.8 Å². The van der Waals surface area contributed by atoms with Gasteiger partial charge in [0.2, 0.25) is 0 Å². The molecule has 104 valence electrons. The van der Waals surface area contributed by atoms with Gasteiger partial charge in [-0.05, 0) is 5.56 Å². The summed E-state index contributed by atoms with van der Waals surface area (Å²) in [5.74, 6) is -2.19. The smallest absolute Gasteiger partial charge is 0.331 e. The van der Waals surface area contributed by atoms with E-state index in [0.717, 1.165) is 5.56 Å². The number of carboxylic acids is 2. The van der Waals surface area contributed by atoms with Gasteiger partial charge in [-0.2, -0.15) is 0 Å². The lowest BCUT2D eigenvalue weighted by Gasteiger charge is -2.08. The number of benzene rings is 1. The van der Waals surface area contributed by atoms with E-state index < -0.39 is 11.9 Å². The summed E-state index contributed by atoms with van der Waals surface area (Å²) in [6.07, 6.45) is 1.98. The van der Waals surface area contributed by atoms with Crippen LogP contribution in [0.1, 0.15) is 18.4 Å². The highest BCUT2D eigenvalue weighted by atomic mass is 16.4. The highest BCUT2D eigenvalue weighted by Crippen LogP contribution is 2.21. The second-order valence-corrected chi connectivity index (χ2v) is 4.38. The zero-order valence-electron chi connectivity index (χ0n) is 11.0. The second kappa shape index (κ2) is 7.09. The third kappa shape index (κ3) is 4.94. The van der Waals surface area contributed by atoms with Gasteiger partial charge in [-0.15, -0.1) is 0 Å². The minimum absolute atomic E-state index is 0.0189. The third-order valence-corrected chi connectivity index (χ3v) is 2.66. The van der Waals surface area contributed by atoms with Gasteiger partial charge in [0, 0.05) is 24.0 Å². The van der Waals surface area contributed by atoms with Crippen molar-refractivity contribution in [3.05, 3.63) is 65.8 Å². The predicted octanol–water partition coefficient (Wildman–Crippen LogP) is 3.13. The molecular formula is C16H16O4. The molecule has 20 heavy (non-hydrogen) atoms. The normalized spacial score (nSPS) is 9.60. The van der Waals surface area contributed by atoms with Crippen molar-refractivity contribution >= 4 is 18.0 Å². The standard InChI is InChI=1S/C16H16O4/c1-11(15(17)18)8-14(9-12(2)16(19)20)10-13-6-4-3-5-7-13/h3-7,10H,1-2,8-9H2,(H,17,18)(H,19,20). The van der Waals surface area contributed by atoms with Gasteiger partial charge in [-0.3, -0.25) is 0 Å². The molecule has 0 unspecified atom stereocenters. The van der Waals surface area contributed by atoms with Crippen LogP contribution in [0, 0.1) is 0 Å². The van der Waals surface area contributed by atoms with E-state index in [1.54, 1.807) is 6.08 Å². The van der Waals surface area contributed by atoms with Crippen LogP contribution in [0.2, 0.25) is 0 Å². The van der Waals surface area contributed by atoms with Crippen LogP contribution in [-0.4, -0.2) is 22.2 Å². The molecule has 0 aromatic heterocycles. The Balaban J connectivity index is 2.98. The molecule has 0 atom stereocenters. The Labute approximate surface area is 117 Å². The fourth-order valence-corrected chi connectivity index (χ4v) is 1.65. The number of hydrogen-bond acceptors (Lipinski definition) is 2. The van der Waals surface area contributed by atoms with Crippen LogP contribution >= 0.6 is 0 Å². The molecule has 0 heterocycles. The van der Waals surface area contributed by atoms with Gasteiger partial charge >= 0.3 is 11.9 Å². The molecule has 0 bridgehead atoms. The summed E-state index contributed by atoms with van der Waals surface area (Å²) in [4.78, 5) is 21.7. The van der Waals surface area contributed by atoms with E-state index in [-0.39, 0.29) is 24.0 Å². The fourth-order valence-electron chi connectivity index (χ4n) is 1.65. The second-order valence-electron chi connectivity index (χ2n) is 4.38. The Morgan fingerprint density at radius 3 is 1.80 bits per heavy atom. The van der Waals surface area contributed by atoms with Crippen LogP contribution < -0.4 is 0 Å². The number of rotatable bonds is 7. The van der Waals surface area contributed by atoms with Gasteiger partial charge in [-0.1, -0.05) is 55.1 Å². The molecule has 0 saturated heterocycles. The molecule has 1 rings (SSSR count). The topological polar surface area (TPSA) is 74.6 Å². The van der Waals surface area contributed by atoms with E-state index in [1.165, 1.54) is 0 Å². The van der Waals surface area contributed by atoms with Crippen LogP contribution in [0.5, 0.6) is 0 Å². The molecule has 1 aromatic rings. The van der Waals surface area contributed by atoms with Crippen molar-refractivity contribution in [3.8, 4) is 0 Å². The van der Waals surface area contributed by atoms with Crippen LogP contribution in [0.3, 0.4) is 0 Å². The molecule has 0 aliphatic carbocycles. The lowest BCUT2D eigenvalue weighted by Crippen LogP contribution is -2.04. The molecule has 4 nitrogen and oxygen atoms in total. The van der Waals surface area contributed by atoms with E-state index in [9.17, 15) is 9.59 Å². The monoisotopic (exact) mass is 272 g/mol. The van der Waals surface area contributed by atoms with Gasteiger partial charge in [0.1, 0.15) is 0 Å². The molecule has 4 heteroatoms.